The zero-order valence-electron chi connectivity index (χ0n) is 20.0. The fourth-order valence-corrected chi connectivity index (χ4v) is 5.78. The largest absolute Gasteiger partial charge is 0.352 e. The minimum Gasteiger partial charge on any atom is -0.352 e. The van der Waals surface area contributed by atoms with Gasteiger partial charge < -0.3 is 15.1 Å². The second kappa shape index (κ2) is 7.89. The number of hydrogen-bond acceptors (Lipinski definition) is 6. The van der Waals surface area contributed by atoms with Crippen molar-refractivity contribution in [2.45, 2.75) is 50.5 Å². The lowest BCUT2D eigenvalue weighted by Crippen LogP contribution is -2.57. The second-order valence-electron chi connectivity index (χ2n) is 10.9. The molecule has 2 aromatic rings. The summed E-state index contributed by atoms with van der Waals surface area (Å²) in [7, 11) is 0. The van der Waals surface area contributed by atoms with Gasteiger partial charge in [0.25, 0.3) is 11.7 Å². The van der Waals surface area contributed by atoms with E-state index in [0.717, 1.165) is 61.9 Å². The van der Waals surface area contributed by atoms with Gasteiger partial charge in [0.2, 0.25) is 5.91 Å². The highest BCUT2D eigenvalue weighted by atomic mass is 16.2. The van der Waals surface area contributed by atoms with Gasteiger partial charge in [0.1, 0.15) is 11.9 Å². The third-order valence-electron chi connectivity index (χ3n) is 8.24. The zero-order chi connectivity index (χ0) is 24.6. The Morgan fingerprint density at radius 1 is 1.03 bits per heavy atom. The number of amides is 2. The molecule has 0 unspecified atom stereocenters. The Bertz CT molecular complexity index is 1370. The fourth-order valence-electron chi connectivity index (χ4n) is 5.78. The number of nitrogens with zero attached hydrogens (tertiary/aromatic N) is 4. The van der Waals surface area contributed by atoms with Crippen LogP contribution in [0.4, 0.5) is 11.5 Å². The number of benzene rings is 1. The first-order chi connectivity index (χ1) is 17.5. The van der Waals surface area contributed by atoms with Crippen LogP contribution in [0.1, 0.15) is 66.1 Å². The Balaban J connectivity index is 1.25. The van der Waals surface area contributed by atoms with E-state index in [9.17, 15) is 19.6 Å². The number of nitrogens with one attached hydrogen (secondary N) is 1. The van der Waals surface area contributed by atoms with Crippen molar-refractivity contribution < 1.29 is 14.4 Å². The molecule has 182 valence electrons. The summed E-state index contributed by atoms with van der Waals surface area (Å²) < 4.78 is 0. The van der Waals surface area contributed by atoms with Crippen LogP contribution in [0.2, 0.25) is 0 Å². The van der Waals surface area contributed by atoms with E-state index >= 15 is 0 Å². The van der Waals surface area contributed by atoms with Gasteiger partial charge in [0.15, 0.2) is 0 Å². The molecule has 3 heterocycles. The average Bonchev–Trinajstić information content (AvgIpc) is 3.77. The molecule has 2 aliphatic heterocycles. The third-order valence-corrected chi connectivity index (χ3v) is 8.24. The van der Waals surface area contributed by atoms with Gasteiger partial charge in [-0.05, 0) is 68.2 Å². The smallest absolute Gasteiger partial charge is 0.296 e. The first kappa shape index (κ1) is 21.5. The van der Waals surface area contributed by atoms with Gasteiger partial charge in [0.05, 0.1) is 28.6 Å². The van der Waals surface area contributed by atoms with Crippen LogP contribution in [0.25, 0.3) is 11.1 Å². The SMILES string of the molecule is N#Cc1cc(-c2ccc3c(c2)C(=O)C(=O)N3)c(C2CC2)nc1N1CCN(C(=O)C2CC2)[C@H](C2CC2)C1. The predicted molar refractivity (Wildman–Crippen MR) is 132 cm³/mol. The lowest BCUT2D eigenvalue weighted by Gasteiger charge is -2.43. The van der Waals surface area contributed by atoms with Crippen molar-refractivity contribution in [2.24, 2.45) is 11.8 Å². The molecule has 5 aliphatic rings. The highest BCUT2D eigenvalue weighted by molar-refractivity contribution is 6.51. The summed E-state index contributed by atoms with van der Waals surface area (Å²) in [5.74, 6) is 0.969. The molecule has 8 nitrogen and oxygen atoms in total. The highest BCUT2D eigenvalue weighted by Crippen LogP contribution is 2.46. The minimum atomic E-state index is -0.611. The Hall–Kier alpha value is -3.73. The van der Waals surface area contributed by atoms with Crippen molar-refractivity contribution in [3.05, 3.63) is 41.1 Å². The van der Waals surface area contributed by atoms with E-state index in [1.54, 1.807) is 12.1 Å². The molecule has 4 fully saturated rings. The Morgan fingerprint density at radius 2 is 1.83 bits per heavy atom. The van der Waals surface area contributed by atoms with E-state index in [0.29, 0.717) is 53.5 Å². The van der Waals surface area contributed by atoms with Crippen molar-refractivity contribution in [1.82, 2.24) is 9.88 Å². The summed E-state index contributed by atoms with van der Waals surface area (Å²) in [6.45, 7) is 2.07. The summed E-state index contributed by atoms with van der Waals surface area (Å²) in [5, 5.41) is 12.7. The van der Waals surface area contributed by atoms with Crippen molar-refractivity contribution >= 4 is 29.1 Å². The summed E-state index contributed by atoms with van der Waals surface area (Å²) in [6.07, 6.45) is 6.44. The normalized spacial score (nSPS) is 23.4. The summed E-state index contributed by atoms with van der Waals surface area (Å²) in [6, 6.07) is 9.83. The molecule has 0 radical (unpaired) electrons. The maximum atomic E-state index is 12.9. The van der Waals surface area contributed by atoms with Crippen molar-refractivity contribution in [1.29, 1.82) is 5.26 Å². The number of piperazine rings is 1. The number of hydrogen-bond donors (Lipinski definition) is 1. The van der Waals surface area contributed by atoms with Crippen LogP contribution in [-0.2, 0) is 9.59 Å². The van der Waals surface area contributed by atoms with Crippen molar-refractivity contribution in [2.75, 3.05) is 29.9 Å². The van der Waals surface area contributed by atoms with Crippen LogP contribution in [0.5, 0.6) is 0 Å². The van der Waals surface area contributed by atoms with Crippen molar-refractivity contribution in [3.8, 4) is 17.2 Å². The van der Waals surface area contributed by atoms with Gasteiger partial charge in [-0.15, -0.1) is 0 Å². The van der Waals surface area contributed by atoms with Crippen LogP contribution in [0, 0.1) is 23.2 Å². The van der Waals surface area contributed by atoms with E-state index in [2.05, 4.69) is 21.2 Å². The molecule has 8 heteroatoms. The zero-order valence-corrected chi connectivity index (χ0v) is 20.0. The molecule has 1 N–H and O–H groups in total. The molecular weight excluding hydrogens is 454 g/mol. The van der Waals surface area contributed by atoms with Gasteiger partial charge in [-0.2, -0.15) is 5.26 Å². The fraction of sp³-hybridized carbons (Fsp3) is 0.464. The van der Waals surface area contributed by atoms with Gasteiger partial charge in [-0.25, -0.2) is 4.98 Å². The summed E-state index contributed by atoms with van der Waals surface area (Å²) >= 11 is 0. The quantitative estimate of drug-likeness (QED) is 0.656. The standard InChI is InChI=1S/C28H27N5O3/c29-13-19-12-20(18-7-8-22-21(11-18)25(34)27(35)30-22)24(16-3-4-16)31-26(19)32-9-10-33(28(36)17-5-6-17)23(14-32)15-1-2-15/h7-8,11-12,15-17,23H,1-6,9-10,14H2,(H,30,34,35)/t23-/m0/s1. The number of ketones is 1. The van der Waals surface area contributed by atoms with Crippen molar-refractivity contribution in [3.63, 3.8) is 0 Å². The molecule has 0 bridgehead atoms. The first-order valence-electron chi connectivity index (χ1n) is 13.0. The predicted octanol–water partition coefficient (Wildman–Crippen LogP) is 3.47. The molecule has 1 aromatic carbocycles. The van der Waals surface area contributed by atoms with Gasteiger partial charge in [-0.3, -0.25) is 14.4 Å². The number of carbonyl (C=O) groups excluding carboxylic acids is 3. The maximum Gasteiger partial charge on any atom is 0.296 e. The number of rotatable bonds is 5. The summed E-state index contributed by atoms with van der Waals surface area (Å²) in [4.78, 5) is 46.5. The van der Waals surface area contributed by atoms with Gasteiger partial charge in [0, 0.05) is 37.0 Å². The molecule has 2 amide bonds. The number of fused-ring (bicyclic) bond motifs is 1. The number of nitriles is 1. The number of aromatic nitrogens is 1. The maximum absolute atomic E-state index is 12.9. The monoisotopic (exact) mass is 481 g/mol. The average molecular weight is 482 g/mol. The topological polar surface area (TPSA) is 106 Å². The first-order valence-corrected chi connectivity index (χ1v) is 13.0. The number of anilines is 2. The molecule has 1 aromatic heterocycles. The highest BCUT2D eigenvalue weighted by Gasteiger charge is 2.45. The van der Waals surface area contributed by atoms with Crippen LogP contribution in [0.3, 0.4) is 0 Å². The van der Waals surface area contributed by atoms with Gasteiger partial charge >= 0.3 is 0 Å². The molecule has 1 atom stereocenters. The van der Waals surface area contributed by atoms with E-state index < -0.39 is 11.7 Å². The number of pyridine rings is 1. The van der Waals surface area contributed by atoms with Crippen LogP contribution in [0.15, 0.2) is 24.3 Å². The lowest BCUT2D eigenvalue weighted by atomic mass is 9.96. The van der Waals surface area contributed by atoms with Crippen LogP contribution < -0.4 is 10.2 Å². The van der Waals surface area contributed by atoms with E-state index in [-0.39, 0.29) is 12.0 Å². The Morgan fingerprint density at radius 3 is 2.53 bits per heavy atom. The molecule has 36 heavy (non-hydrogen) atoms. The van der Waals surface area contributed by atoms with Crippen LogP contribution in [-0.4, -0.2) is 53.2 Å². The molecule has 0 spiro atoms. The number of carbonyl (C=O) groups is 3. The second-order valence-corrected chi connectivity index (χ2v) is 10.9. The molecule has 3 saturated carbocycles. The third kappa shape index (κ3) is 3.57. The van der Waals surface area contributed by atoms with E-state index in [1.165, 1.54) is 0 Å². The van der Waals surface area contributed by atoms with Crippen LogP contribution >= 0.6 is 0 Å². The van der Waals surface area contributed by atoms with Gasteiger partial charge in [-0.1, -0.05) is 6.07 Å². The molecular formula is C28H27N5O3. The lowest BCUT2D eigenvalue weighted by molar-refractivity contribution is -0.135. The molecule has 1 saturated heterocycles. The summed E-state index contributed by atoms with van der Waals surface area (Å²) in [5.41, 5.74) is 4.00. The molecule has 7 rings (SSSR count). The Kier molecular flexibility index (Phi) is 4.72. The molecule has 3 aliphatic carbocycles. The number of Topliss-reactive ketones (excluding diaryl/α,β-unsaturated/α-hetero) is 1. The minimum absolute atomic E-state index is 0.192. The Labute approximate surface area is 209 Å². The van der Waals surface area contributed by atoms with E-state index in [1.807, 2.05) is 12.1 Å². The van der Waals surface area contributed by atoms with E-state index in [4.69, 9.17) is 4.98 Å².